The van der Waals surface area contributed by atoms with Crippen LogP contribution in [-0.4, -0.2) is 43.5 Å². The summed E-state index contributed by atoms with van der Waals surface area (Å²) in [4.78, 5) is 18.1. The lowest BCUT2D eigenvalue weighted by Crippen LogP contribution is -2.46. The number of piperidine rings is 1. The minimum Gasteiger partial charge on any atom is -0.485 e. The van der Waals surface area contributed by atoms with Crippen LogP contribution >= 0.6 is 11.3 Å². The van der Waals surface area contributed by atoms with Gasteiger partial charge in [-0.25, -0.2) is 0 Å². The van der Waals surface area contributed by atoms with Crippen molar-refractivity contribution in [2.75, 3.05) is 31.6 Å². The topological polar surface area (TPSA) is 44.8 Å². The first-order valence-electron chi connectivity index (χ1n) is 12.2. The molecule has 0 aliphatic carbocycles. The number of nitrogens with zero attached hydrogens (tertiary/aromatic N) is 2. The molecule has 1 aromatic heterocycles. The van der Waals surface area contributed by atoms with Crippen LogP contribution in [0.3, 0.4) is 0 Å². The maximum absolute atomic E-state index is 12.4. The van der Waals surface area contributed by atoms with E-state index in [1.165, 1.54) is 10.4 Å². The summed E-state index contributed by atoms with van der Waals surface area (Å²) in [5.74, 6) is 1.08. The fraction of sp³-hybridized carbons (Fsp3) is 0.393. The molecule has 2 aromatic carbocycles. The number of hydrogen-bond donors (Lipinski definition) is 1. The number of rotatable bonds is 10. The maximum atomic E-state index is 12.4. The van der Waals surface area contributed by atoms with E-state index in [4.69, 9.17) is 4.74 Å². The number of amides is 1. The van der Waals surface area contributed by atoms with Gasteiger partial charge in [-0.2, -0.15) is 0 Å². The summed E-state index contributed by atoms with van der Waals surface area (Å²) >= 11 is 1.75. The van der Waals surface area contributed by atoms with E-state index in [9.17, 15) is 4.79 Å². The zero-order chi connectivity index (χ0) is 23.8. The second-order valence-corrected chi connectivity index (χ2v) is 9.83. The quantitative estimate of drug-likeness (QED) is 0.419. The third-order valence-electron chi connectivity index (χ3n) is 6.45. The molecule has 6 heteroatoms. The number of likely N-dealkylation sites (tertiary alicyclic amines) is 1. The summed E-state index contributed by atoms with van der Waals surface area (Å²) in [6.07, 6.45) is 2.92. The fourth-order valence-electron chi connectivity index (χ4n) is 4.73. The molecule has 2 heterocycles. The van der Waals surface area contributed by atoms with Crippen LogP contribution in [0, 0.1) is 0 Å². The monoisotopic (exact) mass is 477 g/mol. The molecule has 0 saturated carbocycles. The Morgan fingerprint density at radius 1 is 1.09 bits per heavy atom. The van der Waals surface area contributed by atoms with Gasteiger partial charge in [-0.1, -0.05) is 42.5 Å². The number of carbonyl (C=O) groups is 1. The molecule has 180 valence electrons. The van der Waals surface area contributed by atoms with E-state index in [1.54, 1.807) is 18.3 Å². The number of anilines is 1. The second kappa shape index (κ2) is 12.2. The average molecular weight is 478 g/mol. The molecule has 4 rings (SSSR count). The Hall–Kier alpha value is -2.67. The van der Waals surface area contributed by atoms with E-state index in [0.717, 1.165) is 56.9 Å². The van der Waals surface area contributed by atoms with E-state index in [2.05, 4.69) is 52.0 Å². The molecule has 34 heavy (non-hydrogen) atoms. The maximum Gasteiger partial charge on any atom is 0.224 e. The van der Waals surface area contributed by atoms with E-state index < -0.39 is 0 Å². The van der Waals surface area contributed by atoms with E-state index >= 15 is 0 Å². The first-order valence-corrected chi connectivity index (χ1v) is 13.0. The smallest absolute Gasteiger partial charge is 0.224 e. The third kappa shape index (κ3) is 6.26. The highest BCUT2D eigenvalue weighted by molar-refractivity contribution is 7.10. The summed E-state index contributed by atoms with van der Waals surface area (Å²) in [5.41, 5.74) is 2.21. The lowest BCUT2D eigenvalue weighted by molar-refractivity contribution is -0.117. The highest BCUT2D eigenvalue weighted by Gasteiger charge is 2.28. The van der Waals surface area contributed by atoms with Gasteiger partial charge in [0.15, 0.2) is 0 Å². The number of nitrogens with one attached hydrogen (secondary N) is 1. The SMILES string of the molecule is CNCCC(Oc1ccccc1CN1CCC(N(C(C)=O)c2ccccc2)CC1)c1cccs1. The number of hydrogen-bond acceptors (Lipinski definition) is 5. The number of ether oxygens (including phenoxy) is 1. The van der Waals surface area contributed by atoms with Gasteiger partial charge in [0, 0.05) is 55.1 Å². The van der Waals surface area contributed by atoms with Crippen molar-refractivity contribution in [2.45, 2.75) is 44.9 Å². The van der Waals surface area contributed by atoms with E-state index in [1.807, 2.05) is 42.3 Å². The van der Waals surface area contributed by atoms with Crippen LogP contribution in [0.2, 0.25) is 0 Å². The minimum absolute atomic E-state index is 0.0503. The Morgan fingerprint density at radius 2 is 1.82 bits per heavy atom. The number of benzene rings is 2. The van der Waals surface area contributed by atoms with Gasteiger partial charge >= 0.3 is 0 Å². The molecule has 1 saturated heterocycles. The first-order chi connectivity index (χ1) is 16.7. The predicted octanol–water partition coefficient (Wildman–Crippen LogP) is 5.50. The highest BCUT2D eigenvalue weighted by Crippen LogP contribution is 2.31. The molecule has 1 aliphatic rings. The summed E-state index contributed by atoms with van der Waals surface area (Å²) in [6.45, 7) is 5.36. The summed E-state index contributed by atoms with van der Waals surface area (Å²) in [5, 5.41) is 5.36. The average Bonchev–Trinajstić information content (AvgIpc) is 3.39. The van der Waals surface area contributed by atoms with Crippen LogP contribution in [0.1, 0.15) is 42.7 Å². The molecule has 0 spiro atoms. The predicted molar refractivity (Wildman–Crippen MR) is 141 cm³/mol. The van der Waals surface area contributed by atoms with Crippen molar-refractivity contribution >= 4 is 22.9 Å². The Labute approximate surface area is 207 Å². The Bertz CT molecular complexity index is 1020. The van der Waals surface area contributed by atoms with Crippen molar-refractivity contribution in [1.82, 2.24) is 10.2 Å². The first kappa shape index (κ1) is 24.5. The van der Waals surface area contributed by atoms with Crippen LogP contribution in [0.4, 0.5) is 5.69 Å². The van der Waals surface area contributed by atoms with E-state index in [0.29, 0.717) is 0 Å². The molecule has 1 amide bonds. The van der Waals surface area contributed by atoms with Gasteiger partial charge in [-0.15, -0.1) is 11.3 Å². The summed E-state index contributed by atoms with van der Waals surface area (Å²) in [7, 11) is 1.98. The standard InChI is InChI=1S/C28H35N3O2S/c1-22(32)31(24-10-4-3-5-11-24)25-15-18-30(19-16-25)21-23-9-6-7-12-26(23)33-27(14-17-29-2)28-13-8-20-34-28/h3-13,20,25,27,29H,14-19,21H2,1-2H3. The fourth-order valence-corrected chi connectivity index (χ4v) is 5.52. The zero-order valence-electron chi connectivity index (χ0n) is 20.2. The summed E-state index contributed by atoms with van der Waals surface area (Å²) < 4.78 is 6.57. The van der Waals surface area contributed by atoms with Gasteiger partial charge < -0.3 is 15.0 Å². The van der Waals surface area contributed by atoms with Gasteiger partial charge in [0.05, 0.1) is 0 Å². The highest BCUT2D eigenvalue weighted by atomic mass is 32.1. The van der Waals surface area contributed by atoms with Gasteiger partial charge in [0.2, 0.25) is 5.91 Å². The molecule has 1 fully saturated rings. The Balaban J connectivity index is 1.40. The van der Waals surface area contributed by atoms with Gasteiger partial charge in [-0.05, 0) is 56.1 Å². The Morgan fingerprint density at radius 3 is 2.50 bits per heavy atom. The largest absolute Gasteiger partial charge is 0.485 e. The molecule has 3 aromatic rings. The number of thiophene rings is 1. The second-order valence-electron chi connectivity index (χ2n) is 8.85. The van der Waals surface area contributed by atoms with E-state index in [-0.39, 0.29) is 18.1 Å². The lowest BCUT2D eigenvalue weighted by Gasteiger charge is -2.38. The van der Waals surface area contributed by atoms with Crippen molar-refractivity contribution in [1.29, 1.82) is 0 Å². The normalized spacial score (nSPS) is 15.7. The van der Waals surface area contributed by atoms with Crippen molar-refractivity contribution in [3.63, 3.8) is 0 Å². The molecule has 0 bridgehead atoms. The molecular formula is C28H35N3O2S. The van der Waals surface area contributed by atoms with Gasteiger partial charge in [0.25, 0.3) is 0 Å². The minimum atomic E-state index is 0.0503. The Kier molecular flexibility index (Phi) is 8.74. The molecule has 1 atom stereocenters. The molecule has 0 radical (unpaired) electrons. The van der Waals surface area contributed by atoms with Crippen molar-refractivity contribution in [3.8, 4) is 5.75 Å². The van der Waals surface area contributed by atoms with Crippen molar-refractivity contribution < 1.29 is 9.53 Å². The molecule has 1 N–H and O–H groups in total. The lowest BCUT2D eigenvalue weighted by atomic mass is 10.0. The summed E-state index contributed by atoms with van der Waals surface area (Å²) in [6, 6.07) is 22.9. The van der Waals surface area contributed by atoms with Crippen molar-refractivity contribution in [3.05, 3.63) is 82.6 Å². The van der Waals surface area contributed by atoms with Gasteiger partial charge in [0.1, 0.15) is 11.9 Å². The van der Waals surface area contributed by atoms with Crippen molar-refractivity contribution in [2.24, 2.45) is 0 Å². The van der Waals surface area contributed by atoms with Gasteiger partial charge in [-0.3, -0.25) is 9.69 Å². The van der Waals surface area contributed by atoms with Crippen LogP contribution < -0.4 is 15.0 Å². The number of carbonyl (C=O) groups excluding carboxylic acids is 1. The molecular weight excluding hydrogens is 442 g/mol. The van der Waals surface area contributed by atoms with Crippen LogP contribution in [0.5, 0.6) is 5.75 Å². The van der Waals surface area contributed by atoms with Crippen LogP contribution in [0.25, 0.3) is 0 Å². The number of para-hydroxylation sites is 2. The zero-order valence-corrected chi connectivity index (χ0v) is 21.0. The third-order valence-corrected chi connectivity index (χ3v) is 7.41. The van der Waals surface area contributed by atoms with Crippen LogP contribution in [-0.2, 0) is 11.3 Å². The van der Waals surface area contributed by atoms with Crippen LogP contribution in [0.15, 0.2) is 72.1 Å². The molecule has 1 aliphatic heterocycles. The molecule has 5 nitrogen and oxygen atoms in total. The molecule has 1 unspecified atom stereocenters.